The van der Waals surface area contributed by atoms with E-state index in [4.69, 9.17) is 0 Å². The molecule has 0 unspecified atom stereocenters. The first-order valence-corrected chi connectivity index (χ1v) is 7.44. The van der Waals surface area contributed by atoms with Gasteiger partial charge < -0.3 is 5.32 Å². The predicted octanol–water partition coefficient (Wildman–Crippen LogP) is 3.12. The highest BCUT2D eigenvalue weighted by atomic mass is 79.9. The first kappa shape index (κ1) is 15.3. The molecule has 0 saturated carbocycles. The summed E-state index contributed by atoms with van der Waals surface area (Å²) in [6, 6.07) is 9.48. The van der Waals surface area contributed by atoms with Crippen molar-refractivity contribution in [3.63, 3.8) is 0 Å². The van der Waals surface area contributed by atoms with E-state index in [1.165, 1.54) is 29.2 Å². The van der Waals surface area contributed by atoms with Crippen LogP contribution in [0.1, 0.15) is 15.9 Å². The van der Waals surface area contributed by atoms with Crippen LogP contribution in [-0.4, -0.2) is 26.1 Å². The second-order valence-electron chi connectivity index (χ2n) is 4.83. The maximum absolute atomic E-state index is 13.8. The molecule has 0 atom stereocenters. The lowest BCUT2D eigenvalue weighted by molar-refractivity contribution is 0.102. The van der Waals surface area contributed by atoms with Gasteiger partial charge in [-0.05, 0) is 53.2 Å². The molecule has 0 bridgehead atoms. The highest BCUT2D eigenvalue weighted by Crippen LogP contribution is 2.21. The molecule has 1 aromatic heterocycles. The smallest absolute Gasteiger partial charge is 0.258 e. The molecule has 6 nitrogen and oxygen atoms in total. The lowest BCUT2D eigenvalue weighted by atomic mass is 10.1. The molecule has 0 aliphatic carbocycles. The third-order valence-corrected chi connectivity index (χ3v) is 3.73. The van der Waals surface area contributed by atoms with Gasteiger partial charge in [-0.2, -0.15) is 0 Å². The summed E-state index contributed by atoms with van der Waals surface area (Å²) in [5.41, 5.74) is 2.14. The average Bonchev–Trinajstić information content (AvgIpc) is 3.05. The van der Waals surface area contributed by atoms with Gasteiger partial charge in [-0.1, -0.05) is 22.0 Å². The summed E-state index contributed by atoms with van der Waals surface area (Å²) >= 11 is 3.23. The number of tetrazole rings is 1. The minimum atomic E-state index is -0.585. The lowest BCUT2D eigenvalue weighted by Gasteiger charge is -2.10. The fourth-order valence-corrected chi connectivity index (χ4v) is 2.44. The van der Waals surface area contributed by atoms with E-state index in [0.717, 1.165) is 11.3 Å². The number of aryl methyl sites for hydroxylation is 1. The van der Waals surface area contributed by atoms with Crippen LogP contribution in [0, 0.1) is 12.7 Å². The van der Waals surface area contributed by atoms with Crippen LogP contribution in [0.3, 0.4) is 0 Å². The summed E-state index contributed by atoms with van der Waals surface area (Å²) in [7, 11) is 0. The van der Waals surface area contributed by atoms with Gasteiger partial charge in [-0.15, -0.1) is 5.10 Å². The first-order valence-electron chi connectivity index (χ1n) is 6.65. The fraction of sp³-hybridized carbons (Fsp3) is 0.0667. The molecule has 1 N–H and O–H groups in total. The van der Waals surface area contributed by atoms with Gasteiger partial charge >= 0.3 is 0 Å². The van der Waals surface area contributed by atoms with Crippen molar-refractivity contribution in [2.45, 2.75) is 6.92 Å². The summed E-state index contributed by atoms with van der Waals surface area (Å²) in [6.45, 7) is 1.90. The Morgan fingerprint density at radius 3 is 2.83 bits per heavy atom. The Morgan fingerprint density at radius 2 is 2.09 bits per heavy atom. The van der Waals surface area contributed by atoms with Crippen LogP contribution in [0.4, 0.5) is 10.1 Å². The molecule has 116 valence electrons. The van der Waals surface area contributed by atoms with Crippen molar-refractivity contribution in [2.24, 2.45) is 0 Å². The highest BCUT2D eigenvalue weighted by molar-refractivity contribution is 9.10. The normalized spacial score (nSPS) is 10.6. The largest absolute Gasteiger partial charge is 0.322 e. The number of nitrogens with one attached hydrogen (secondary N) is 1. The van der Waals surface area contributed by atoms with E-state index in [2.05, 4.69) is 36.8 Å². The molecule has 0 fully saturated rings. The summed E-state index contributed by atoms with van der Waals surface area (Å²) in [6.07, 6.45) is 1.46. The van der Waals surface area contributed by atoms with E-state index in [-0.39, 0.29) is 5.56 Å². The molecule has 1 amide bonds. The van der Waals surface area contributed by atoms with Crippen molar-refractivity contribution < 1.29 is 9.18 Å². The van der Waals surface area contributed by atoms with Crippen LogP contribution >= 0.6 is 15.9 Å². The van der Waals surface area contributed by atoms with E-state index in [1.54, 1.807) is 12.1 Å². The monoisotopic (exact) mass is 375 g/mol. The quantitative estimate of drug-likeness (QED) is 0.763. The Bertz CT molecular complexity index is 866. The van der Waals surface area contributed by atoms with Crippen LogP contribution in [0.5, 0.6) is 0 Å². The number of carbonyl (C=O) groups excluding carboxylic acids is 1. The molecule has 0 aliphatic rings. The van der Waals surface area contributed by atoms with Crippen LogP contribution in [0.15, 0.2) is 47.2 Å². The molecule has 0 saturated heterocycles. The number of hydrogen-bond acceptors (Lipinski definition) is 4. The van der Waals surface area contributed by atoms with Crippen molar-refractivity contribution in [3.05, 3.63) is 64.1 Å². The van der Waals surface area contributed by atoms with Crippen molar-refractivity contribution >= 4 is 27.5 Å². The van der Waals surface area contributed by atoms with E-state index in [9.17, 15) is 9.18 Å². The zero-order valence-electron chi connectivity index (χ0n) is 12.0. The fourth-order valence-electron chi connectivity index (χ4n) is 2.08. The maximum atomic E-state index is 13.8. The number of nitrogens with zero attached hydrogens (tertiary/aromatic N) is 4. The Morgan fingerprint density at radius 1 is 1.26 bits per heavy atom. The molecule has 3 rings (SSSR count). The molecular weight excluding hydrogens is 365 g/mol. The maximum Gasteiger partial charge on any atom is 0.258 e. The Balaban J connectivity index is 1.90. The van der Waals surface area contributed by atoms with Gasteiger partial charge in [0.25, 0.3) is 5.91 Å². The van der Waals surface area contributed by atoms with Gasteiger partial charge in [0, 0.05) is 10.2 Å². The Kier molecular flexibility index (Phi) is 4.16. The topological polar surface area (TPSA) is 72.7 Å². The van der Waals surface area contributed by atoms with E-state index < -0.39 is 11.7 Å². The molecule has 0 aliphatic heterocycles. The molecule has 3 aromatic rings. The van der Waals surface area contributed by atoms with Gasteiger partial charge in [0.15, 0.2) is 0 Å². The molecule has 1 heterocycles. The minimum Gasteiger partial charge on any atom is -0.322 e. The van der Waals surface area contributed by atoms with Crippen molar-refractivity contribution in [2.75, 3.05) is 5.32 Å². The average molecular weight is 376 g/mol. The number of halogens is 2. The number of anilines is 1. The van der Waals surface area contributed by atoms with Crippen molar-refractivity contribution in [1.29, 1.82) is 0 Å². The molecule has 2 aromatic carbocycles. The summed E-state index contributed by atoms with van der Waals surface area (Å²) in [5.74, 6) is -1.12. The highest BCUT2D eigenvalue weighted by Gasteiger charge is 2.13. The molecule has 8 heteroatoms. The number of rotatable bonds is 3. The standard InChI is InChI=1S/C15H11BrFN5O/c1-9-2-4-11(7-14(9)22-8-18-20-21-22)19-15(23)12-6-10(16)3-5-13(12)17/h2-8H,1H3,(H,19,23). The van der Waals surface area contributed by atoms with Gasteiger partial charge in [0.1, 0.15) is 12.1 Å². The first-order chi connectivity index (χ1) is 11.0. The number of amides is 1. The minimum absolute atomic E-state index is 0.0380. The van der Waals surface area contributed by atoms with Gasteiger partial charge in [0.05, 0.1) is 11.3 Å². The predicted molar refractivity (Wildman–Crippen MR) is 85.9 cm³/mol. The van der Waals surface area contributed by atoms with Crippen LogP contribution in [0.25, 0.3) is 5.69 Å². The van der Waals surface area contributed by atoms with Gasteiger partial charge in [-0.25, -0.2) is 9.07 Å². The number of carbonyl (C=O) groups is 1. The zero-order valence-corrected chi connectivity index (χ0v) is 13.6. The summed E-state index contributed by atoms with van der Waals surface area (Å²) in [4.78, 5) is 12.3. The SMILES string of the molecule is Cc1ccc(NC(=O)c2cc(Br)ccc2F)cc1-n1cnnn1. The lowest BCUT2D eigenvalue weighted by Crippen LogP contribution is -2.14. The van der Waals surface area contributed by atoms with Crippen LogP contribution in [-0.2, 0) is 0 Å². The summed E-state index contributed by atoms with van der Waals surface area (Å²) < 4.78 is 15.9. The van der Waals surface area contributed by atoms with Crippen molar-refractivity contribution in [3.8, 4) is 5.69 Å². The van der Waals surface area contributed by atoms with E-state index in [1.807, 2.05) is 13.0 Å². The number of hydrogen-bond donors (Lipinski definition) is 1. The third kappa shape index (κ3) is 3.26. The van der Waals surface area contributed by atoms with Crippen molar-refractivity contribution in [1.82, 2.24) is 20.2 Å². The molecular formula is C15H11BrFN5O. The number of benzene rings is 2. The second-order valence-corrected chi connectivity index (χ2v) is 5.75. The number of aromatic nitrogens is 4. The van der Waals surface area contributed by atoms with Crippen LogP contribution in [0.2, 0.25) is 0 Å². The Labute approximate surface area is 139 Å². The zero-order chi connectivity index (χ0) is 16.4. The second kappa shape index (κ2) is 6.25. The molecule has 0 radical (unpaired) electrons. The third-order valence-electron chi connectivity index (χ3n) is 3.24. The Hall–Kier alpha value is -2.61. The molecule has 23 heavy (non-hydrogen) atoms. The molecule has 0 spiro atoms. The van der Waals surface area contributed by atoms with Gasteiger partial charge in [0.2, 0.25) is 0 Å². The van der Waals surface area contributed by atoms with Crippen LogP contribution < -0.4 is 5.32 Å². The van der Waals surface area contributed by atoms with E-state index >= 15 is 0 Å². The van der Waals surface area contributed by atoms with E-state index in [0.29, 0.717) is 10.2 Å². The summed E-state index contributed by atoms with van der Waals surface area (Å²) in [5, 5.41) is 13.7. The van der Waals surface area contributed by atoms with Gasteiger partial charge in [-0.3, -0.25) is 4.79 Å².